The van der Waals surface area contributed by atoms with Gasteiger partial charge in [-0.1, -0.05) is 64.8 Å². The molecule has 1 aliphatic carbocycles. The lowest BCUT2D eigenvalue weighted by molar-refractivity contribution is 0.245. The van der Waals surface area contributed by atoms with Crippen LogP contribution >= 0.6 is 0 Å². The summed E-state index contributed by atoms with van der Waals surface area (Å²) in [4.78, 5) is 19.5. The maximum Gasteiger partial charge on any atom is 0.165 e. The van der Waals surface area contributed by atoms with Crippen molar-refractivity contribution in [3.8, 4) is 17.1 Å². The molecule has 3 aromatic heterocycles. The largest absolute Gasteiger partial charge is 0.494 e. The van der Waals surface area contributed by atoms with Crippen LogP contribution in [0.5, 0.6) is 0 Å². The van der Waals surface area contributed by atoms with Crippen LogP contribution in [-0.2, 0) is 11.3 Å². The van der Waals surface area contributed by atoms with Gasteiger partial charge in [0.15, 0.2) is 11.5 Å². The maximum atomic E-state index is 6.35. The zero-order valence-electron chi connectivity index (χ0n) is 28.2. The number of ether oxygens (including phenoxy) is 1. The van der Waals surface area contributed by atoms with E-state index >= 15 is 0 Å². The third kappa shape index (κ3) is 6.08. The number of methoxy groups -OCH3 is 1. The second kappa shape index (κ2) is 14.4. The molecule has 0 saturated carbocycles. The topological polar surface area (TPSA) is 85.3 Å². The molecular formula is C40H49N7O. The molecular weight excluding hydrogens is 594 g/mol. The molecule has 250 valence electrons. The number of fused-ring (bicyclic) bond motifs is 2. The standard InChI is InChI=1S/C37H39N7O.C2H6.CH4/c1-6-9-26(7-2)31-15-16-32-37(40-31)44(36(41-32)30-10-8-17-39-35(30)38)29-13-11-25(12-14-29)18-42-19-27-21-43(22-28(27)20-42)33-23(3)24(4)34(33)45-5;1-2;/h6-17,27-28H,3-4,18-22H2,1-2,5H3,(H2,38,39);1-2H3;1H4/b9-6-,26-7+;;. The highest BCUT2D eigenvalue weighted by molar-refractivity contribution is 5.85. The summed E-state index contributed by atoms with van der Waals surface area (Å²) in [6.45, 7) is 21.5. The number of nitrogens with zero attached hydrogens (tertiary/aromatic N) is 6. The van der Waals surface area contributed by atoms with Crippen LogP contribution < -0.4 is 5.73 Å². The highest BCUT2D eigenvalue weighted by Gasteiger charge is 2.44. The van der Waals surface area contributed by atoms with Gasteiger partial charge in [0.25, 0.3) is 0 Å². The number of hydrogen-bond acceptors (Lipinski definition) is 7. The number of anilines is 1. The zero-order valence-corrected chi connectivity index (χ0v) is 28.2. The Morgan fingerprint density at radius 3 is 2.29 bits per heavy atom. The molecule has 2 N–H and O–H groups in total. The van der Waals surface area contributed by atoms with Crippen molar-refractivity contribution in [3.63, 3.8) is 0 Å². The lowest BCUT2D eigenvalue weighted by atomic mass is 9.90. The van der Waals surface area contributed by atoms with Crippen LogP contribution in [0.25, 0.3) is 33.8 Å². The number of nitrogens with two attached hydrogens (primary N) is 1. The average Bonchev–Trinajstić information content (AvgIpc) is 3.78. The van der Waals surface area contributed by atoms with E-state index in [4.69, 9.17) is 20.4 Å². The molecule has 48 heavy (non-hydrogen) atoms. The van der Waals surface area contributed by atoms with E-state index in [0.717, 1.165) is 94.8 Å². The normalized spacial score (nSPS) is 19.4. The van der Waals surface area contributed by atoms with Crippen LogP contribution in [0.1, 0.15) is 46.4 Å². The molecule has 8 heteroatoms. The molecule has 8 nitrogen and oxygen atoms in total. The minimum atomic E-state index is 0. The molecule has 3 aliphatic rings. The van der Waals surface area contributed by atoms with Gasteiger partial charge in [-0.2, -0.15) is 0 Å². The van der Waals surface area contributed by atoms with Gasteiger partial charge in [-0.3, -0.25) is 9.47 Å². The van der Waals surface area contributed by atoms with Gasteiger partial charge in [-0.25, -0.2) is 15.0 Å². The van der Waals surface area contributed by atoms with E-state index in [1.165, 1.54) is 5.56 Å². The van der Waals surface area contributed by atoms with Crippen molar-refractivity contribution in [3.05, 3.63) is 120 Å². The molecule has 0 amide bonds. The predicted octanol–water partition coefficient (Wildman–Crippen LogP) is 8.05. The maximum absolute atomic E-state index is 6.35. The Morgan fingerprint density at radius 2 is 1.67 bits per heavy atom. The van der Waals surface area contributed by atoms with Gasteiger partial charge in [0, 0.05) is 55.8 Å². The predicted molar refractivity (Wildman–Crippen MR) is 199 cm³/mol. The molecule has 5 heterocycles. The molecule has 1 aromatic carbocycles. The van der Waals surface area contributed by atoms with Crippen molar-refractivity contribution >= 4 is 22.6 Å². The Labute approximate surface area is 285 Å². The average molecular weight is 644 g/mol. The summed E-state index contributed by atoms with van der Waals surface area (Å²) in [5.41, 5.74) is 16.0. The Morgan fingerprint density at radius 1 is 0.958 bits per heavy atom. The minimum absolute atomic E-state index is 0. The number of imidazole rings is 1. The number of allylic oxidation sites excluding steroid dienone is 6. The van der Waals surface area contributed by atoms with Crippen LogP contribution in [0.3, 0.4) is 0 Å². The first kappa shape index (κ1) is 34.4. The van der Waals surface area contributed by atoms with Crippen molar-refractivity contribution in [1.29, 1.82) is 0 Å². The van der Waals surface area contributed by atoms with E-state index in [1.807, 2.05) is 58.0 Å². The van der Waals surface area contributed by atoms with Crippen LogP contribution in [0.2, 0.25) is 0 Å². The first-order valence-corrected chi connectivity index (χ1v) is 16.5. The van der Waals surface area contributed by atoms with E-state index in [0.29, 0.717) is 17.7 Å². The number of rotatable bonds is 8. The molecule has 0 spiro atoms. The van der Waals surface area contributed by atoms with Crippen LogP contribution in [0.15, 0.2) is 109 Å². The van der Waals surface area contributed by atoms with Gasteiger partial charge < -0.3 is 15.4 Å². The SMILES string of the molecule is C.C=C1C(=C)C(N2CC3CN(Cc4ccc(-n5c(-c6cccnc6N)nc6ccc(C(/C=C\C)=C/C)nc65)cc4)CC3C2)=C1OC.CC. The van der Waals surface area contributed by atoms with Crippen molar-refractivity contribution in [1.82, 2.24) is 29.3 Å². The molecule has 2 aliphatic heterocycles. The molecule has 2 fully saturated rings. The quantitative estimate of drug-likeness (QED) is 0.195. The second-order valence-electron chi connectivity index (χ2n) is 12.1. The van der Waals surface area contributed by atoms with Gasteiger partial charge in [-0.05, 0) is 73.2 Å². The first-order valence-electron chi connectivity index (χ1n) is 16.5. The Bertz CT molecular complexity index is 1900. The monoisotopic (exact) mass is 643 g/mol. The summed E-state index contributed by atoms with van der Waals surface area (Å²) in [6, 6.07) is 16.7. The Balaban J connectivity index is 0.00000148. The number of pyridine rings is 2. The molecule has 2 unspecified atom stereocenters. The smallest absolute Gasteiger partial charge is 0.165 e. The molecule has 0 bridgehead atoms. The fraction of sp³-hybridized carbons (Fsp3) is 0.325. The minimum Gasteiger partial charge on any atom is -0.494 e. The third-order valence-corrected chi connectivity index (χ3v) is 9.36. The molecule has 4 aromatic rings. The summed E-state index contributed by atoms with van der Waals surface area (Å²) >= 11 is 0. The number of likely N-dealkylation sites (tertiary alicyclic amines) is 2. The second-order valence-corrected chi connectivity index (χ2v) is 12.1. The van der Waals surface area contributed by atoms with Gasteiger partial charge in [-0.15, -0.1) is 0 Å². The van der Waals surface area contributed by atoms with Crippen molar-refractivity contribution in [2.45, 2.75) is 41.7 Å². The molecule has 2 atom stereocenters. The number of hydrogen-bond donors (Lipinski definition) is 1. The van der Waals surface area contributed by atoms with Gasteiger partial charge in [0.2, 0.25) is 0 Å². The van der Waals surface area contributed by atoms with E-state index in [1.54, 1.807) is 13.3 Å². The Hall–Kier alpha value is -4.95. The van der Waals surface area contributed by atoms with Crippen molar-refractivity contribution in [2.75, 3.05) is 39.0 Å². The Kier molecular flexibility index (Phi) is 10.3. The van der Waals surface area contributed by atoms with Crippen molar-refractivity contribution in [2.24, 2.45) is 11.8 Å². The summed E-state index contributed by atoms with van der Waals surface area (Å²) in [7, 11) is 1.72. The van der Waals surface area contributed by atoms with Crippen LogP contribution in [-0.4, -0.2) is 62.6 Å². The molecule has 2 saturated heterocycles. The van der Waals surface area contributed by atoms with Crippen LogP contribution in [0, 0.1) is 11.8 Å². The fourth-order valence-electron chi connectivity index (χ4n) is 7.12. The number of nitrogen functional groups attached to an aromatic ring is 1. The third-order valence-electron chi connectivity index (χ3n) is 9.36. The summed E-state index contributed by atoms with van der Waals surface area (Å²) in [6.07, 6.45) is 7.87. The van der Waals surface area contributed by atoms with E-state index < -0.39 is 0 Å². The molecule has 0 radical (unpaired) electrons. The summed E-state index contributed by atoms with van der Waals surface area (Å²) < 4.78 is 7.69. The van der Waals surface area contributed by atoms with Crippen LogP contribution in [0.4, 0.5) is 5.82 Å². The van der Waals surface area contributed by atoms with E-state index in [2.05, 4.69) is 68.9 Å². The highest BCUT2D eigenvalue weighted by Crippen LogP contribution is 2.44. The van der Waals surface area contributed by atoms with E-state index in [9.17, 15) is 0 Å². The highest BCUT2D eigenvalue weighted by atomic mass is 16.5. The number of benzene rings is 1. The summed E-state index contributed by atoms with van der Waals surface area (Å²) in [5, 5.41) is 0. The van der Waals surface area contributed by atoms with Gasteiger partial charge in [0.1, 0.15) is 17.1 Å². The lowest BCUT2D eigenvalue weighted by Crippen LogP contribution is -2.33. The first-order chi connectivity index (χ1) is 22.9. The fourth-order valence-corrected chi connectivity index (χ4v) is 7.12. The summed E-state index contributed by atoms with van der Waals surface area (Å²) in [5.74, 6) is 3.36. The van der Waals surface area contributed by atoms with E-state index in [-0.39, 0.29) is 7.43 Å². The number of aromatic nitrogens is 4. The molecule has 7 rings (SSSR count). The van der Waals surface area contributed by atoms with Gasteiger partial charge >= 0.3 is 0 Å². The zero-order chi connectivity index (χ0) is 33.2. The van der Waals surface area contributed by atoms with Gasteiger partial charge in [0.05, 0.1) is 24.1 Å². The van der Waals surface area contributed by atoms with Crippen molar-refractivity contribution < 1.29 is 4.74 Å². The lowest BCUT2D eigenvalue weighted by Gasteiger charge is -2.35.